The molecule has 0 aliphatic rings. The molecule has 0 saturated heterocycles. The first-order valence-corrected chi connectivity index (χ1v) is 4.38. The number of hydrogen-bond donors (Lipinski definition) is 0. The molecule has 2 rings (SSSR count). The minimum atomic E-state index is 0.274. The van der Waals surface area contributed by atoms with Crippen LogP contribution in [-0.4, -0.2) is 9.94 Å². The molecule has 0 N–H and O–H groups in total. The SMILES string of the molecule is N#Cc1ccc(On2cc[c]n2)cc1C#N. The van der Waals surface area contributed by atoms with Crippen molar-refractivity contribution < 1.29 is 4.84 Å². The van der Waals surface area contributed by atoms with E-state index in [4.69, 9.17) is 15.4 Å². The molecule has 0 unspecified atom stereocenters. The highest BCUT2D eigenvalue weighted by Gasteiger charge is 2.04. The van der Waals surface area contributed by atoms with Gasteiger partial charge in [-0.05, 0) is 18.2 Å². The third-order valence-electron chi connectivity index (χ3n) is 1.86. The Morgan fingerprint density at radius 1 is 1.25 bits per heavy atom. The third kappa shape index (κ3) is 1.84. The Labute approximate surface area is 91.7 Å². The minimum absolute atomic E-state index is 0.274. The van der Waals surface area contributed by atoms with Crippen LogP contribution < -0.4 is 4.84 Å². The lowest BCUT2D eigenvalue weighted by molar-refractivity contribution is 0.178. The number of rotatable bonds is 2. The van der Waals surface area contributed by atoms with Crippen LogP contribution in [0.4, 0.5) is 0 Å². The molecule has 0 aliphatic carbocycles. The highest BCUT2D eigenvalue weighted by atomic mass is 16.7. The monoisotopic (exact) mass is 209 g/mol. The molecule has 0 atom stereocenters. The van der Waals surface area contributed by atoms with E-state index in [0.717, 1.165) is 0 Å². The highest BCUT2D eigenvalue weighted by Crippen LogP contribution is 2.16. The molecule has 1 aromatic carbocycles. The Balaban J connectivity index is 2.31. The first-order chi connectivity index (χ1) is 7.83. The van der Waals surface area contributed by atoms with Crippen LogP contribution in [0.1, 0.15) is 11.1 Å². The van der Waals surface area contributed by atoms with E-state index in [9.17, 15) is 0 Å². The Morgan fingerprint density at radius 3 is 2.69 bits per heavy atom. The zero-order valence-electron chi connectivity index (χ0n) is 8.08. The number of nitriles is 2. The van der Waals surface area contributed by atoms with Crippen LogP contribution in [0, 0.1) is 28.9 Å². The molecule has 1 heterocycles. The topological polar surface area (TPSA) is 74.6 Å². The molecule has 0 amide bonds. The van der Waals surface area contributed by atoms with E-state index < -0.39 is 0 Å². The van der Waals surface area contributed by atoms with Crippen LogP contribution in [0.3, 0.4) is 0 Å². The summed E-state index contributed by atoms with van der Waals surface area (Å²) in [5.41, 5.74) is 0.595. The maximum absolute atomic E-state index is 8.81. The van der Waals surface area contributed by atoms with E-state index in [0.29, 0.717) is 11.3 Å². The van der Waals surface area contributed by atoms with Crippen molar-refractivity contribution in [2.75, 3.05) is 0 Å². The average molecular weight is 209 g/mol. The second kappa shape index (κ2) is 4.16. The predicted octanol–water partition coefficient (Wildman–Crippen LogP) is 1.27. The molecule has 1 radical (unpaired) electrons. The molecule has 0 saturated carbocycles. The Bertz CT molecular complexity index is 575. The summed E-state index contributed by atoms with van der Waals surface area (Å²) in [6.45, 7) is 0. The maximum atomic E-state index is 8.81. The Hall–Kier alpha value is -2.79. The summed E-state index contributed by atoms with van der Waals surface area (Å²) in [4.78, 5) is 6.48. The fourth-order valence-corrected chi connectivity index (χ4v) is 1.15. The summed E-state index contributed by atoms with van der Waals surface area (Å²) in [6.07, 6.45) is 4.15. The van der Waals surface area contributed by atoms with Crippen LogP contribution >= 0.6 is 0 Å². The molecule has 2 aromatic rings. The van der Waals surface area contributed by atoms with E-state index in [2.05, 4.69) is 11.3 Å². The Morgan fingerprint density at radius 2 is 2.06 bits per heavy atom. The smallest absolute Gasteiger partial charge is 0.159 e. The van der Waals surface area contributed by atoms with Gasteiger partial charge in [-0.1, -0.05) is 4.85 Å². The number of nitrogens with zero attached hydrogens (tertiary/aromatic N) is 4. The van der Waals surface area contributed by atoms with Gasteiger partial charge in [-0.2, -0.15) is 10.5 Å². The Kier molecular flexibility index (Phi) is 2.53. The van der Waals surface area contributed by atoms with Gasteiger partial charge in [-0.3, -0.25) is 0 Å². The van der Waals surface area contributed by atoms with E-state index in [-0.39, 0.29) is 5.56 Å². The molecule has 0 bridgehead atoms. The van der Waals surface area contributed by atoms with Crippen LogP contribution in [0.5, 0.6) is 5.75 Å². The van der Waals surface area contributed by atoms with Gasteiger partial charge in [0.1, 0.15) is 18.3 Å². The molecule has 0 spiro atoms. The fraction of sp³-hybridized carbons (Fsp3) is 0. The van der Waals surface area contributed by atoms with Gasteiger partial charge in [-0.15, -0.1) is 5.10 Å². The molecule has 16 heavy (non-hydrogen) atoms. The third-order valence-corrected chi connectivity index (χ3v) is 1.86. The second-order valence-corrected chi connectivity index (χ2v) is 2.87. The van der Waals surface area contributed by atoms with E-state index in [1.54, 1.807) is 18.3 Å². The van der Waals surface area contributed by atoms with Crippen molar-refractivity contribution >= 4 is 0 Å². The van der Waals surface area contributed by atoms with Crippen LogP contribution in [-0.2, 0) is 0 Å². The van der Waals surface area contributed by atoms with Crippen molar-refractivity contribution in [1.29, 1.82) is 10.5 Å². The van der Waals surface area contributed by atoms with Gasteiger partial charge in [0.15, 0.2) is 5.75 Å². The first-order valence-electron chi connectivity index (χ1n) is 4.38. The number of benzene rings is 1. The molecule has 1 aromatic heterocycles. The lowest BCUT2D eigenvalue weighted by atomic mass is 10.1. The van der Waals surface area contributed by atoms with E-state index in [1.165, 1.54) is 17.0 Å². The standard InChI is InChI=1S/C11H5N4O/c12-7-9-2-3-11(6-10(9)8-13)16-15-5-1-4-14-15/h1-3,5-6H. The van der Waals surface area contributed by atoms with Gasteiger partial charge in [0.25, 0.3) is 0 Å². The maximum Gasteiger partial charge on any atom is 0.159 e. The van der Waals surface area contributed by atoms with Crippen molar-refractivity contribution in [3.05, 3.63) is 47.8 Å². The van der Waals surface area contributed by atoms with Crippen molar-refractivity contribution in [2.45, 2.75) is 0 Å². The van der Waals surface area contributed by atoms with Gasteiger partial charge >= 0.3 is 0 Å². The molecular formula is C11H5N4O. The highest BCUT2D eigenvalue weighted by molar-refractivity contribution is 5.49. The summed E-state index contributed by atoms with van der Waals surface area (Å²) >= 11 is 0. The van der Waals surface area contributed by atoms with Crippen LogP contribution in [0.2, 0.25) is 0 Å². The predicted molar refractivity (Wildman–Crippen MR) is 53.0 cm³/mol. The summed E-state index contributed by atoms with van der Waals surface area (Å²) in [5.74, 6) is 0.438. The van der Waals surface area contributed by atoms with Crippen molar-refractivity contribution in [2.24, 2.45) is 0 Å². The zero-order chi connectivity index (χ0) is 11.4. The van der Waals surface area contributed by atoms with Crippen LogP contribution in [0.15, 0.2) is 30.5 Å². The molecule has 0 fully saturated rings. The van der Waals surface area contributed by atoms with Gasteiger partial charge < -0.3 is 4.84 Å². The second-order valence-electron chi connectivity index (χ2n) is 2.87. The number of aromatic nitrogens is 2. The first kappa shape index (κ1) is 9.75. The zero-order valence-corrected chi connectivity index (χ0v) is 8.08. The van der Waals surface area contributed by atoms with Crippen molar-refractivity contribution in [3.8, 4) is 17.9 Å². The minimum Gasteiger partial charge on any atom is -0.358 e. The summed E-state index contributed by atoms with van der Waals surface area (Å²) in [5, 5.41) is 21.3. The molecule has 5 heteroatoms. The molecule has 0 aliphatic heterocycles. The summed E-state index contributed by atoms with van der Waals surface area (Å²) < 4.78 is 0. The van der Waals surface area contributed by atoms with E-state index in [1.807, 2.05) is 12.1 Å². The van der Waals surface area contributed by atoms with Gasteiger partial charge in [0.2, 0.25) is 0 Å². The van der Waals surface area contributed by atoms with Gasteiger partial charge in [-0.25, -0.2) is 0 Å². The normalized spacial score (nSPS) is 9.12. The fourth-order valence-electron chi connectivity index (χ4n) is 1.15. The van der Waals surface area contributed by atoms with E-state index >= 15 is 0 Å². The van der Waals surface area contributed by atoms with Crippen molar-refractivity contribution in [1.82, 2.24) is 9.94 Å². The van der Waals surface area contributed by atoms with Gasteiger partial charge in [0.05, 0.1) is 17.3 Å². The quantitative estimate of drug-likeness (QED) is 0.746. The molecular weight excluding hydrogens is 204 g/mol. The summed E-state index contributed by atoms with van der Waals surface area (Å²) in [7, 11) is 0. The van der Waals surface area contributed by atoms with Crippen molar-refractivity contribution in [3.63, 3.8) is 0 Å². The van der Waals surface area contributed by atoms with Crippen LogP contribution in [0.25, 0.3) is 0 Å². The lowest BCUT2D eigenvalue weighted by Crippen LogP contribution is -2.05. The lowest BCUT2D eigenvalue weighted by Gasteiger charge is -2.04. The molecule has 75 valence electrons. The average Bonchev–Trinajstić information content (AvgIpc) is 2.81. The summed E-state index contributed by atoms with van der Waals surface area (Å²) in [6, 6.07) is 10.1. The number of hydrogen-bond acceptors (Lipinski definition) is 4. The molecule has 5 nitrogen and oxygen atoms in total. The van der Waals surface area contributed by atoms with Gasteiger partial charge in [0, 0.05) is 6.07 Å². The largest absolute Gasteiger partial charge is 0.358 e.